The molecule has 2 aromatic heterocycles. The minimum Gasteiger partial charge on any atom is -0.494 e. The van der Waals surface area contributed by atoms with Gasteiger partial charge in [0.2, 0.25) is 11.1 Å². The minimum atomic E-state index is -0.0706. The molecule has 0 spiro atoms. The molecule has 0 aliphatic carbocycles. The molecule has 2 amide bonds. The molecule has 5 aromatic rings. The van der Waals surface area contributed by atoms with E-state index in [1.54, 1.807) is 0 Å². The molecule has 9 nitrogen and oxygen atoms in total. The molecule has 0 saturated carbocycles. The summed E-state index contributed by atoms with van der Waals surface area (Å²) in [6.07, 6.45) is 3.19. The van der Waals surface area contributed by atoms with Crippen LogP contribution in [-0.2, 0) is 11.3 Å². The van der Waals surface area contributed by atoms with Crippen molar-refractivity contribution in [2.24, 2.45) is 0 Å². The number of piperazine rings is 1. The molecular formula is C37H41ClN6O3S. The Bertz CT molecular complexity index is 1910. The van der Waals surface area contributed by atoms with E-state index >= 15 is 0 Å². The van der Waals surface area contributed by atoms with E-state index in [0.717, 1.165) is 51.8 Å². The second-order valence-electron chi connectivity index (χ2n) is 12.4. The lowest BCUT2D eigenvalue weighted by molar-refractivity contribution is -0.133. The summed E-state index contributed by atoms with van der Waals surface area (Å²) in [6, 6.07) is 21.5. The molecule has 0 N–H and O–H groups in total. The lowest BCUT2D eigenvalue weighted by atomic mass is 10.1. The second-order valence-corrected chi connectivity index (χ2v) is 13.9. The summed E-state index contributed by atoms with van der Waals surface area (Å²) in [5.41, 5.74) is 5.46. The van der Waals surface area contributed by atoms with Crippen LogP contribution in [0.3, 0.4) is 0 Å². The van der Waals surface area contributed by atoms with Gasteiger partial charge < -0.3 is 19.1 Å². The zero-order chi connectivity index (χ0) is 33.6. The Labute approximate surface area is 290 Å². The number of benzene rings is 3. The summed E-state index contributed by atoms with van der Waals surface area (Å²) in [7, 11) is 0. The van der Waals surface area contributed by atoms with Gasteiger partial charge in [0.15, 0.2) is 5.65 Å². The fourth-order valence-electron chi connectivity index (χ4n) is 6.12. The zero-order valence-electron chi connectivity index (χ0n) is 27.7. The molecule has 1 saturated heterocycles. The quantitative estimate of drug-likeness (QED) is 0.0998. The number of amides is 2. The predicted octanol–water partition coefficient (Wildman–Crippen LogP) is 7.41. The van der Waals surface area contributed by atoms with Crippen LogP contribution in [0.15, 0.2) is 71.9 Å². The summed E-state index contributed by atoms with van der Waals surface area (Å²) in [6.45, 7) is 9.04. The van der Waals surface area contributed by atoms with Crippen LogP contribution in [-0.4, -0.2) is 79.4 Å². The Balaban J connectivity index is 1.03. The Hall–Kier alpha value is -4.15. The van der Waals surface area contributed by atoms with E-state index in [0.29, 0.717) is 67.1 Å². The van der Waals surface area contributed by atoms with Crippen LogP contribution in [0.4, 0.5) is 0 Å². The second kappa shape index (κ2) is 15.4. The third kappa shape index (κ3) is 7.76. The molecule has 1 fully saturated rings. The fraction of sp³-hybridized carbons (Fsp3) is 0.378. The van der Waals surface area contributed by atoms with E-state index in [4.69, 9.17) is 21.3 Å². The van der Waals surface area contributed by atoms with E-state index in [-0.39, 0.29) is 17.9 Å². The molecule has 0 bridgehead atoms. The van der Waals surface area contributed by atoms with Crippen molar-refractivity contribution >= 4 is 57.2 Å². The fourth-order valence-corrected chi connectivity index (χ4v) is 7.05. The molecule has 11 heteroatoms. The van der Waals surface area contributed by atoms with Crippen molar-refractivity contribution in [3.8, 4) is 5.75 Å². The van der Waals surface area contributed by atoms with Crippen LogP contribution in [0.2, 0.25) is 5.02 Å². The monoisotopic (exact) mass is 684 g/mol. The van der Waals surface area contributed by atoms with Gasteiger partial charge in [-0.05, 0) is 80.8 Å². The first kappa shape index (κ1) is 33.7. The van der Waals surface area contributed by atoms with Gasteiger partial charge in [0, 0.05) is 60.4 Å². The number of aryl methyl sites for hydroxylation is 1. The number of carbonyl (C=O) groups excluding carboxylic acids is 2. The molecule has 3 heterocycles. The highest BCUT2D eigenvalue weighted by Gasteiger charge is 2.30. The number of rotatable bonds is 12. The Kier molecular flexibility index (Phi) is 10.8. The highest BCUT2D eigenvalue weighted by molar-refractivity contribution is 7.99. The van der Waals surface area contributed by atoms with Crippen LogP contribution in [0.1, 0.15) is 61.0 Å². The number of ether oxygens (including phenoxy) is 1. The first-order chi connectivity index (χ1) is 23.3. The van der Waals surface area contributed by atoms with Crippen molar-refractivity contribution in [1.29, 1.82) is 0 Å². The average molecular weight is 685 g/mol. The molecule has 250 valence electrons. The van der Waals surface area contributed by atoms with E-state index in [1.165, 1.54) is 11.8 Å². The van der Waals surface area contributed by atoms with Gasteiger partial charge in [0.25, 0.3) is 5.91 Å². The highest BCUT2D eigenvalue weighted by Crippen LogP contribution is 2.30. The third-order valence-electron chi connectivity index (χ3n) is 8.71. The molecule has 1 aliphatic rings. The normalized spacial score (nSPS) is 15.0. The first-order valence-electron chi connectivity index (χ1n) is 16.6. The maximum atomic E-state index is 13.2. The van der Waals surface area contributed by atoms with Crippen molar-refractivity contribution in [2.75, 3.05) is 32.0 Å². The van der Waals surface area contributed by atoms with E-state index in [2.05, 4.69) is 52.9 Å². The largest absolute Gasteiger partial charge is 0.494 e. The molecule has 3 aromatic carbocycles. The van der Waals surface area contributed by atoms with Crippen LogP contribution < -0.4 is 4.74 Å². The SMILES string of the molecule is CCCCOc1ccc(C(=O)N2CCN(C(=O)CCCSc3nnc4c5cc(C)ccc5n(Cc5cccc(Cl)c5)c4n3)CC2C)cc1. The predicted molar refractivity (Wildman–Crippen MR) is 192 cm³/mol. The highest BCUT2D eigenvalue weighted by atomic mass is 35.5. The lowest BCUT2D eigenvalue weighted by Crippen LogP contribution is -2.55. The summed E-state index contributed by atoms with van der Waals surface area (Å²) in [5.74, 6) is 1.56. The first-order valence-corrected chi connectivity index (χ1v) is 18.0. The van der Waals surface area contributed by atoms with Gasteiger partial charge in [-0.25, -0.2) is 4.98 Å². The summed E-state index contributed by atoms with van der Waals surface area (Å²) < 4.78 is 7.90. The van der Waals surface area contributed by atoms with E-state index in [9.17, 15) is 9.59 Å². The third-order valence-corrected chi connectivity index (χ3v) is 9.87. The van der Waals surface area contributed by atoms with Crippen LogP contribution >= 0.6 is 23.4 Å². The smallest absolute Gasteiger partial charge is 0.254 e. The maximum Gasteiger partial charge on any atom is 0.254 e. The number of thioether (sulfide) groups is 1. The van der Waals surface area contributed by atoms with Crippen LogP contribution in [0.5, 0.6) is 5.75 Å². The number of hydrogen-bond acceptors (Lipinski definition) is 7. The number of fused-ring (bicyclic) bond motifs is 3. The molecular weight excluding hydrogens is 644 g/mol. The number of nitrogens with zero attached hydrogens (tertiary/aromatic N) is 6. The molecule has 1 unspecified atom stereocenters. The number of carbonyl (C=O) groups is 2. The molecule has 1 atom stereocenters. The van der Waals surface area contributed by atoms with E-state index < -0.39 is 0 Å². The topological polar surface area (TPSA) is 93.5 Å². The number of aromatic nitrogens is 4. The van der Waals surface area contributed by atoms with Crippen molar-refractivity contribution in [1.82, 2.24) is 29.5 Å². The zero-order valence-corrected chi connectivity index (χ0v) is 29.3. The van der Waals surface area contributed by atoms with Gasteiger partial charge in [0.1, 0.15) is 11.3 Å². The van der Waals surface area contributed by atoms with Crippen molar-refractivity contribution in [3.63, 3.8) is 0 Å². The van der Waals surface area contributed by atoms with Gasteiger partial charge in [-0.15, -0.1) is 10.2 Å². The van der Waals surface area contributed by atoms with Gasteiger partial charge in [-0.3, -0.25) is 9.59 Å². The minimum absolute atomic E-state index is 0.0153. The van der Waals surface area contributed by atoms with Crippen molar-refractivity contribution in [2.45, 2.75) is 64.2 Å². The Morgan fingerprint density at radius 1 is 1.02 bits per heavy atom. The molecule has 48 heavy (non-hydrogen) atoms. The van der Waals surface area contributed by atoms with Gasteiger partial charge in [0.05, 0.1) is 12.1 Å². The van der Waals surface area contributed by atoms with Crippen molar-refractivity contribution in [3.05, 3.63) is 88.4 Å². The lowest BCUT2D eigenvalue weighted by Gasteiger charge is -2.40. The standard InChI is InChI=1S/C37H41ClN6O3S/c1-4-5-19-47-30-14-12-28(13-15-30)36(46)43-18-17-42(23-26(43)3)33(45)10-7-20-48-37-39-35-34(40-41-37)31-21-25(2)11-16-32(31)44(35)24-27-8-6-9-29(38)22-27/h6,8-9,11-16,21-22,26H,4-5,7,10,17-20,23-24H2,1-3H3. The molecule has 6 rings (SSSR count). The summed E-state index contributed by atoms with van der Waals surface area (Å²) in [5, 5.41) is 11.3. The maximum absolute atomic E-state index is 13.2. The summed E-state index contributed by atoms with van der Waals surface area (Å²) in [4.78, 5) is 35.0. The van der Waals surface area contributed by atoms with Crippen LogP contribution in [0, 0.1) is 6.92 Å². The number of halogens is 1. The molecule has 0 radical (unpaired) electrons. The number of hydrogen-bond donors (Lipinski definition) is 0. The van der Waals surface area contributed by atoms with Gasteiger partial charge >= 0.3 is 0 Å². The van der Waals surface area contributed by atoms with Gasteiger partial charge in [-0.1, -0.05) is 60.5 Å². The average Bonchev–Trinajstić information content (AvgIpc) is 3.38. The number of unbranched alkanes of at least 4 members (excludes halogenated alkanes) is 1. The van der Waals surface area contributed by atoms with Crippen molar-refractivity contribution < 1.29 is 14.3 Å². The van der Waals surface area contributed by atoms with E-state index in [1.807, 2.05) is 59.2 Å². The van der Waals surface area contributed by atoms with Gasteiger partial charge in [-0.2, -0.15) is 0 Å². The molecule has 1 aliphatic heterocycles. The Morgan fingerprint density at radius 2 is 1.85 bits per heavy atom. The Morgan fingerprint density at radius 3 is 2.62 bits per heavy atom. The summed E-state index contributed by atoms with van der Waals surface area (Å²) >= 11 is 7.79. The van der Waals surface area contributed by atoms with Crippen LogP contribution in [0.25, 0.3) is 22.1 Å².